The lowest BCUT2D eigenvalue weighted by Gasteiger charge is -2.31. The molecule has 12 aromatic rings. The molecule has 0 unspecified atom stereocenters. The van der Waals surface area contributed by atoms with Crippen LogP contribution in [0.25, 0.3) is 99.1 Å². The van der Waals surface area contributed by atoms with Gasteiger partial charge in [-0.15, -0.1) is 0 Å². The second-order valence-corrected chi connectivity index (χ2v) is 16.4. The van der Waals surface area contributed by atoms with E-state index in [1.54, 1.807) is 0 Å². The number of nitrogens with zero attached hydrogens (tertiary/aromatic N) is 1. The second kappa shape index (κ2) is 15.8. The molecule has 64 heavy (non-hydrogen) atoms. The zero-order valence-corrected chi connectivity index (χ0v) is 35.0. The fraction of sp³-hybridized carbons (Fsp3) is 0. The van der Waals surface area contributed by atoms with Gasteiger partial charge in [0.05, 0.1) is 11.4 Å². The fourth-order valence-electron chi connectivity index (χ4n) is 9.64. The van der Waals surface area contributed by atoms with Crippen LogP contribution >= 0.6 is 0 Å². The van der Waals surface area contributed by atoms with Crippen molar-refractivity contribution in [3.63, 3.8) is 0 Å². The van der Waals surface area contributed by atoms with Crippen molar-refractivity contribution >= 4 is 60.5 Å². The summed E-state index contributed by atoms with van der Waals surface area (Å²) in [7, 11) is 0. The summed E-state index contributed by atoms with van der Waals surface area (Å²) in [5.74, 6) is 0. The minimum Gasteiger partial charge on any atom is -0.456 e. The van der Waals surface area contributed by atoms with Gasteiger partial charge in [0.15, 0.2) is 0 Å². The molecule has 12 rings (SSSR count). The Morgan fingerprint density at radius 2 is 0.828 bits per heavy atom. The van der Waals surface area contributed by atoms with Gasteiger partial charge in [0.25, 0.3) is 0 Å². The molecule has 0 aliphatic heterocycles. The summed E-state index contributed by atoms with van der Waals surface area (Å²) in [6, 6.07) is 90.0. The normalized spacial score (nSPS) is 11.4. The first-order chi connectivity index (χ1) is 31.7. The van der Waals surface area contributed by atoms with Gasteiger partial charge in [-0.1, -0.05) is 194 Å². The van der Waals surface area contributed by atoms with Crippen molar-refractivity contribution in [2.45, 2.75) is 0 Å². The first kappa shape index (κ1) is 37.3. The van der Waals surface area contributed by atoms with Crippen molar-refractivity contribution in [3.05, 3.63) is 249 Å². The largest absolute Gasteiger partial charge is 0.456 e. The quantitative estimate of drug-likeness (QED) is 0.142. The zero-order chi connectivity index (χ0) is 42.4. The molecule has 0 saturated carbocycles. The summed E-state index contributed by atoms with van der Waals surface area (Å²) in [4.78, 5) is 2.48. The van der Waals surface area contributed by atoms with Gasteiger partial charge >= 0.3 is 0 Å². The molecule has 2 heteroatoms. The van der Waals surface area contributed by atoms with Crippen LogP contribution in [0.15, 0.2) is 253 Å². The number of rotatable bonds is 8. The van der Waals surface area contributed by atoms with Gasteiger partial charge in [-0.3, -0.25) is 0 Å². The topological polar surface area (TPSA) is 16.4 Å². The predicted molar refractivity (Wildman–Crippen MR) is 271 cm³/mol. The molecule has 2 nitrogen and oxygen atoms in total. The number of hydrogen-bond acceptors (Lipinski definition) is 2. The van der Waals surface area contributed by atoms with Crippen LogP contribution in [0.4, 0.5) is 17.1 Å². The Kier molecular flexibility index (Phi) is 9.20. The maximum atomic E-state index is 6.43. The number of fused-ring (bicyclic) bond motifs is 6. The smallest absolute Gasteiger partial charge is 0.135 e. The number of furan rings is 1. The molecule has 0 fully saturated rings. The number of anilines is 3. The van der Waals surface area contributed by atoms with Crippen LogP contribution in [0.5, 0.6) is 0 Å². The molecule has 0 N–H and O–H groups in total. The molecular formula is C62H41NO. The molecule has 1 heterocycles. The summed E-state index contributed by atoms with van der Waals surface area (Å²) < 4.78 is 6.43. The molecule has 0 aliphatic rings. The lowest BCUT2D eigenvalue weighted by atomic mass is 9.87. The Bertz CT molecular complexity index is 3650. The summed E-state index contributed by atoms with van der Waals surface area (Å²) in [5, 5.41) is 7.10. The van der Waals surface area contributed by atoms with Crippen molar-refractivity contribution in [1.29, 1.82) is 0 Å². The monoisotopic (exact) mass is 815 g/mol. The number of benzene rings is 11. The van der Waals surface area contributed by atoms with E-state index in [1.807, 2.05) is 6.07 Å². The highest BCUT2D eigenvalue weighted by atomic mass is 16.3. The van der Waals surface area contributed by atoms with Crippen molar-refractivity contribution in [2.75, 3.05) is 4.90 Å². The molecule has 0 spiro atoms. The minimum absolute atomic E-state index is 0.872. The highest BCUT2D eigenvalue weighted by Crippen LogP contribution is 2.51. The van der Waals surface area contributed by atoms with E-state index >= 15 is 0 Å². The zero-order valence-electron chi connectivity index (χ0n) is 35.0. The Morgan fingerprint density at radius 3 is 1.58 bits per heavy atom. The predicted octanol–water partition coefficient (Wildman–Crippen LogP) is 17.7. The second-order valence-electron chi connectivity index (χ2n) is 16.4. The van der Waals surface area contributed by atoms with E-state index in [0.717, 1.165) is 72.4 Å². The molecule has 0 amide bonds. The Hall–Kier alpha value is -8.46. The van der Waals surface area contributed by atoms with Gasteiger partial charge < -0.3 is 9.32 Å². The van der Waals surface area contributed by atoms with Gasteiger partial charge in [-0.05, 0) is 121 Å². The first-order valence-electron chi connectivity index (χ1n) is 21.9. The van der Waals surface area contributed by atoms with E-state index in [-0.39, 0.29) is 0 Å². The maximum Gasteiger partial charge on any atom is 0.135 e. The van der Waals surface area contributed by atoms with Crippen LogP contribution in [0.1, 0.15) is 0 Å². The van der Waals surface area contributed by atoms with Gasteiger partial charge in [0.1, 0.15) is 11.2 Å². The van der Waals surface area contributed by atoms with E-state index in [4.69, 9.17) is 4.42 Å². The highest BCUT2D eigenvalue weighted by Gasteiger charge is 2.25. The molecular weight excluding hydrogens is 775 g/mol. The number of para-hydroxylation sites is 1. The van der Waals surface area contributed by atoms with Crippen LogP contribution in [0.3, 0.4) is 0 Å². The lowest BCUT2D eigenvalue weighted by Crippen LogP contribution is -2.13. The lowest BCUT2D eigenvalue weighted by molar-refractivity contribution is 0.669. The third kappa shape index (κ3) is 6.52. The molecule has 0 aliphatic carbocycles. The first-order valence-corrected chi connectivity index (χ1v) is 21.9. The molecule has 1 aromatic heterocycles. The van der Waals surface area contributed by atoms with Crippen molar-refractivity contribution in [3.8, 4) is 55.6 Å². The molecule has 0 atom stereocenters. The fourth-order valence-corrected chi connectivity index (χ4v) is 9.64. The standard InChI is InChI=1S/C62H41NO/c1-4-17-42(18-5-1)44-31-35-49(36-32-44)63(58-37-33-46(43-19-6-2-7-20-43)39-55(58)45-21-8-3-9-22-45)59-29-16-28-54(56-40-47-23-10-11-24-50(47)51-25-12-13-26-52(51)56)62(59)48-34-38-61-57(41-48)53-27-14-15-30-60(53)64-61/h1-41H. The van der Waals surface area contributed by atoms with E-state index < -0.39 is 0 Å². The highest BCUT2D eigenvalue weighted by molar-refractivity contribution is 6.16. The minimum atomic E-state index is 0.872. The Labute approximate surface area is 372 Å². The summed E-state index contributed by atoms with van der Waals surface area (Å²) >= 11 is 0. The third-order valence-corrected chi connectivity index (χ3v) is 12.7. The summed E-state index contributed by atoms with van der Waals surface area (Å²) in [6.45, 7) is 0. The van der Waals surface area contributed by atoms with Crippen LogP contribution in [-0.2, 0) is 0 Å². The average Bonchev–Trinajstić information content (AvgIpc) is 3.75. The van der Waals surface area contributed by atoms with Gasteiger partial charge in [-0.2, -0.15) is 0 Å². The Morgan fingerprint density at radius 1 is 0.266 bits per heavy atom. The van der Waals surface area contributed by atoms with Crippen LogP contribution in [0, 0.1) is 0 Å². The van der Waals surface area contributed by atoms with Crippen molar-refractivity contribution in [1.82, 2.24) is 0 Å². The van der Waals surface area contributed by atoms with E-state index in [1.165, 1.54) is 43.8 Å². The molecule has 11 aromatic carbocycles. The SMILES string of the molecule is c1ccc(-c2ccc(N(c3ccc(-c4ccccc4)cc3-c3ccccc3)c3cccc(-c4cc5ccccc5c5ccccc45)c3-c3ccc4oc5ccccc5c4c3)cc2)cc1. The number of hydrogen-bond donors (Lipinski definition) is 0. The van der Waals surface area contributed by atoms with Crippen molar-refractivity contribution in [2.24, 2.45) is 0 Å². The third-order valence-electron chi connectivity index (χ3n) is 12.7. The summed E-state index contributed by atoms with van der Waals surface area (Å²) in [6.07, 6.45) is 0. The van der Waals surface area contributed by atoms with Crippen LogP contribution in [-0.4, -0.2) is 0 Å². The van der Waals surface area contributed by atoms with Crippen LogP contribution in [0.2, 0.25) is 0 Å². The Balaban J connectivity index is 1.19. The van der Waals surface area contributed by atoms with E-state index in [9.17, 15) is 0 Å². The maximum absolute atomic E-state index is 6.43. The average molecular weight is 816 g/mol. The van der Waals surface area contributed by atoms with E-state index in [2.05, 4.69) is 248 Å². The van der Waals surface area contributed by atoms with Gasteiger partial charge in [-0.25, -0.2) is 0 Å². The van der Waals surface area contributed by atoms with Crippen molar-refractivity contribution < 1.29 is 4.42 Å². The molecule has 0 saturated heterocycles. The summed E-state index contributed by atoms with van der Waals surface area (Å²) in [5.41, 5.74) is 16.5. The van der Waals surface area contributed by atoms with Crippen LogP contribution < -0.4 is 4.90 Å². The molecule has 300 valence electrons. The molecule has 0 radical (unpaired) electrons. The van der Waals surface area contributed by atoms with Gasteiger partial charge in [0.2, 0.25) is 0 Å². The molecule has 0 bridgehead atoms. The van der Waals surface area contributed by atoms with Gasteiger partial charge in [0, 0.05) is 27.6 Å². The van der Waals surface area contributed by atoms with E-state index in [0.29, 0.717) is 0 Å².